The first-order chi connectivity index (χ1) is 13.2. The van der Waals surface area contributed by atoms with Crippen LogP contribution < -0.4 is 20.1 Å². The second-order valence-electron chi connectivity index (χ2n) is 5.85. The van der Waals surface area contributed by atoms with Crippen LogP contribution in [0.25, 0.3) is 0 Å². The average Bonchev–Trinajstić information content (AvgIpc) is 2.73. The quantitative estimate of drug-likeness (QED) is 0.582. The molecule has 0 aliphatic carbocycles. The molecule has 0 bridgehead atoms. The van der Waals surface area contributed by atoms with Crippen molar-refractivity contribution in [3.8, 4) is 11.5 Å². The van der Waals surface area contributed by atoms with Gasteiger partial charge in [-0.25, -0.2) is 0 Å². The summed E-state index contributed by atoms with van der Waals surface area (Å²) >= 11 is 0. The number of hydrogen-bond acceptors (Lipinski definition) is 4. The number of ether oxygens (including phenoxy) is 2. The van der Waals surface area contributed by atoms with E-state index in [9.17, 15) is 4.79 Å². The van der Waals surface area contributed by atoms with Crippen molar-refractivity contribution in [3.05, 3.63) is 84.4 Å². The molecule has 0 aliphatic heterocycles. The van der Waals surface area contributed by atoms with E-state index in [1.54, 1.807) is 19.2 Å². The van der Waals surface area contributed by atoms with Crippen LogP contribution in [0.2, 0.25) is 0 Å². The lowest BCUT2D eigenvalue weighted by Crippen LogP contribution is -2.12. The third-order valence-electron chi connectivity index (χ3n) is 3.94. The summed E-state index contributed by atoms with van der Waals surface area (Å²) in [5, 5.41) is 6.17. The first-order valence-corrected chi connectivity index (χ1v) is 8.72. The molecule has 0 saturated carbocycles. The molecule has 3 aromatic rings. The lowest BCUT2D eigenvalue weighted by molar-refractivity contribution is 0.102. The molecule has 1 amide bonds. The minimum Gasteiger partial charge on any atom is -0.497 e. The van der Waals surface area contributed by atoms with E-state index in [0.717, 1.165) is 22.9 Å². The van der Waals surface area contributed by atoms with Crippen LogP contribution >= 0.6 is 0 Å². The molecule has 0 aromatic heterocycles. The van der Waals surface area contributed by atoms with E-state index in [-0.39, 0.29) is 5.91 Å². The van der Waals surface area contributed by atoms with E-state index in [1.165, 1.54) is 0 Å². The van der Waals surface area contributed by atoms with Crippen molar-refractivity contribution in [2.45, 2.75) is 0 Å². The molecule has 0 unspecified atom stereocenters. The molecule has 5 nitrogen and oxygen atoms in total. The monoisotopic (exact) mass is 362 g/mol. The van der Waals surface area contributed by atoms with E-state index in [0.29, 0.717) is 18.7 Å². The van der Waals surface area contributed by atoms with Crippen LogP contribution in [0.4, 0.5) is 11.4 Å². The maximum atomic E-state index is 12.1. The molecule has 3 aromatic carbocycles. The summed E-state index contributed by atoms with van der Waals surface area (Å²) in [6, 6.07) is 24.2. The molecule has 0 fully saturated rings. The van der Waals surface area contributed by atoms with Crippen molar-refractivity contribution < 1.29 is 14.3 Å². The molecular formula is C22H22N2O3. The largest absolute Gasteiger partial charge is 0.497 e. The molecule has 0 aliphatic rings. The number of anilines is 2. The number of benzene rings is 3. The number of carbonyl (C=O) groups excluding carboxylic acids is 1. The Morgan fingerprint density at radius 3 is 2.11 bits per heavy atom. The van der Waals surface area contributed by atoms with Crippen LogP contribution in [0.1, 0.15) is 10.4 Å². The number of carbonyl (C=O) groups is 1. The maximum Gasteiger partial charge on any atom is 0.255 e. The lowest BCUT2D eigenvalue weighted by atomic mass is 10.2. The summed E-state index contributed by atoms with van der Waals surface area (Å²) in [6.07, 6.45) is 0. The fourth-order valence-electron chi connectivity index (χ4n) is 2.50. The molecule has 138 valence electrons. The number of nitrogens with one attached hydrogen (secondary N) is 2. The summed E-state index contributed by atoms with van der Waals surface area (Å²) < 4.78 is 10.8. The van der Waals surface area contributed by atoms with Crippen molar-refractivity contribution in [2.24, 2.45) is 0 Å². The van der Waals surface area contributed by atoms with Gasteiger partial charge in [0.25, 0.3) is 5.91 Å². The van der Waals surface area contributed by atoms with Crippen LogP contribution in [-0.4, -0.2) is 26.2 Å². The Morgan fingerprint density at radius 2 is 1.44 bits per heavy atom. The minimum absolute atomic E-state index is 0.121. The first-order valence-electron chi connectivity index (χ1n) is 8.72. The molecule has 0 radical (unpaired) electrons. The fourth-order valence-corrected chi connectivity index (χ4v) is 2.50. The van der Waals surface area contributed by atoms with Gasteiger partial charge >= 0.3 is 0 Å². The van der Waals surface area contributed by atoms with E-state index < -0.39 is 0 Å². The summed E-state index contributed by atoms with van der Waals surface area (Å²) in [5.74, 6) is 1.49. The van der Waals surface area contributed by atoms with Crippen molar-refractivity contribution in [1.29, 1.82) is 0 Å². The number of rotatable bonds is 8. The van der Waals surface area contributed by atoms with Crippen LogP contribution in [0.5, 0.6) is 11.5 Å². The summed E-state index contributed by atoms with van der Waals surface area (Å²) in [4.78, 5) is 12.1. The number of amides is 1. The molecule has 3 rings (SSSR count). The van der Waals surface area contributed by atoms with Crippen LogP contribution in [0.3, 0.4) is 0 Å². The number of hydrogen-bond donors (Lipinski definition) is 2. The van der Waals surface area contributed by atoms with Crippen molar-refractivity contribution in [1.82, 2.24) is 0 Å². The van der Waals surface area contributed by atoms with E-state index in [4.69, 9.17) is 9.47 Å². The Labute approximate surface area is 158 Å². The van der Waals surface area contributed by atoms with Crippen molar-refractivity contribution in [3.63, 3.8) is 0 Å². The highest BCUT2D eigenvalue weighted by atomic mass is 16.5. The van der Waals surface area contributed by atoms with Crippen LogP contribution in [-0.2, 0) is 0 Å². The number of methoxy groups -OCH3 is 1. The van der Waals surface area contributed by atoms with Gasteiger partial charge in [0.05, 0.1) is 7.11 Å². The van der Waals surface area contributed by atoms with E-state index in [2.05, 4.69) is 10.6 Å². The average molecular weight is 362 g/mol. The first kappa shape index (κ1) is 18.3. The van der Waals surface area contributed by atoms with Gasteiger partial charge in [-0.2, -0.15) is 0 Å². The predicted molar refractivity (Wildman–Crippen MR) is 108 cm³/mol. The third-order valence-corrected chi connectivity index (χ3v) is 3.94. The normalized spacial score (nSPS) is 10.1. The van der Waals surface area contributed by atoms with Crippen LogP contribution in [0.15, 0.2) is 78.9 Å². The predicted octanol–water partition coefficient (Wildman–Crippen LogP) is 4.44. The Hall–Kier alpha value is -3.47. The summed E-state index contributed by atoms with van der Waals surface area (Å²) in [6.45, 7) is 1.21. The topological polar surface area (TPSA) is 59.6 Å². The standard InChI is InChI=1S/C22H22N2O3/c1-26-20-11-13-21(14-12-20)27-16-15-23-18-7-9-19(10-8-18)24-22(25)17-5-3-2-4-6-17/h2-14,23H,15-16H2,1H3,(H,24,25). The zero-order valence-electron chi connectivity index (χ0n) is 15.1. The van der Waals surface area contributed by atoms with Gasteiger partial charge in [-0.05, 0) is 60.7 Å². The fraction of sp³-hybridized carbons (Fsp3) is 0.136. The Morgan fingerprint density at radius 1 is 0.815 bits per heavy atom. The van der Waals surface area contributed by atoms with Gasteiger partial charge in [0.15, 0.2) is 0 Å². The van der Waals surface area contributed by atoms with E-state index >= 15 is 0 Å². The molecule has 0 atom stereocenters. The van der Waals surface area contributed by atoms with Crippen molar-refractivity contribution >= 4 is 17.3 Å². The molecule has 0 heterocycles. The second-order valence-corrected chi connectivity index (χ2v) is 5.85. The molecule has 0 spiro atoms. The van der Waals surface area contributed by atoms with E-state index in [1.807, 2.05) is 66.7 Å². The summed E-state index contributed by atoms with van der Waals surface area (Å²) in [5.41, 5.74) is 2.35. The Kier molecular flexibility index (Phi) is 6.30. The zero-order valence-corrected chi connectivity index (χ0v) is 15.1. The molecular weight excluding hydrogens is 340 g/mol. The summed E-state index contributed by atoms with van der Waals surface area (Å²) in [7, 11) is 1.64. The smallest absolute Gasteiger partial charge is 0.255 e. The molecule has 2 N–H and O–H groups in total. The Balaban J connectivity index is 1.43. The highest BCUT2D eigenvalue weighted by molar-refractivity contribution is 6.04. The second kappa shape index (κ2) is 9.29. The van der Waals surface area contributed by atoms with Crippen molar-refractivity contribution in [2.75, 3.05) is 30.9 Å². The highest BCUT2D eigenvalue weighted by Gasteiger charge is 2.04. The highest BCUT2D eigenvalue weighted by Crippen LogP contribution is 2.17. The molecule has 0 saturated heterocycles. The van der Waals surface area contributed by atoms with Gasteiger partial charge in [-0.15, -0.1) is 0 Å². The zero-order chi connectivity index (χ0) is 18.9. The van der Waals surface area contributed by atoms with Gasteiger partial charge in [0.2, 0.25) is 0 Å². The van der Waals surface area contributed by atoms with Gasteiger partial charge < -0.3 is 20.1 Å². The van der Waals surface area contributed by atoms with Crippen LogP contribution in [0, 0.1) is 0 Å². The molecule has 27 heavy (non-hydrogen) atoms. The third kappa shape index (κ3) is 5.51. The maximum absolute atomic E-state index is 12.1. The van der Waals surface area contributed by atoms with Gasteiger partial charge in [-0.3, -0.25) is 4.79 Å². The SMILES string of the molecule is COc1ccc(OCCNc2ccc(NC(=O)c3ccccc3)cc2)cc1. The molecule has 5 heteroatoms. The van der Waals surface area contributed by atoms with Gasteiger partial charge in [0.1, 0.15) is 18.1 Å². The van der Waals surface area contributed by atoms with Gasteiger partial charge in [-0.1, -0.05) is 18.2 Å². The minimum atomic E-state index is -0.121. The van der Waals surface area contributed by atoms with Gasteiger partial charge in [0, 0.05) is 23.5 Å². The Bertz CT molecular complexity index is 847. The lowest BCUT2D eigenvalue weighted by Gasteiger charge is -2.10.